The van der Waals surface area contributed by atoms with Crippen molar-refractivity contribution in [1.82, 2.24) is 4.98 Å². The van der Waals surface area contributed by atoms with Gasteiger partial charge in [0.25, 0.3) is 0 Å². The van der Waals surface area contributed by atoms with Gasteiger partial charge in [0.2, 0.25) is 0 Å². The fourth-order valence-electron chi connectivity index (χ4n) is 1.50. The molecule has 0 aromatic carbocycles. The largest absolute Gasteiger partial charge is 0.320 e. The highest BCUT2D eigenvalue weighted by molar-refractivity contribution is 9.10. The van der Waals surface area contributed by atoms with Gasteiger partial charge in [0, 0.05) is 21.7 Å². The van der Waals surface area contributed by atoms with Crippen LogP contribution < -0.4 is 5.73 Å². The third-order valence-electron chi connectivity index (χ3n) is 2.32. The van der Waals surface area contributed by atoms with Crippen molar-refractivity contribution in [2.24, 2.45) is 5.73 Å². The van der Waals surface area contributed by atoms with Crippen LogP contribution in [0.25, 0.3) is 0 Å². The lowest BCUT2D eigenvalue weighted by Gasteiger charge is -2.11. The molecule has 0 saturated carbocycles. The monoisotopic (exact) mass is 282 g/mol. The van der Waals surface area contributed by atoms with E-state index in [2.05, 4.69) is 39.3 Å². The predicted octanol–water partition coefficient (Wildman–Crippen LogP) is 3.26. The van der Waals surface area contributed by atoms with E-state index in [0.29, 0.717) is 0 Å². The van der Waals surface area contributed by atoms with Gasteiger partial charge in [0.15, 0.2) is 0 Å². The lowest BCUT2D eigenvalue weighted by molar-refractivity contribution is 0.860. The molecule has 2 N–H and O–H groups in total. The van der Waals surface area contributed by atoms with Gasteiger partial charge < -0.3 is 5.73 Å². The van der Waals surface area contributed by atoms with Crippen molar-refractivity contribution in [3.8, 4) is 0 Å². The van der Waals surface area contributed by atoms with Crippen molar-refractivity contribution in [2.45, 2.75) is 13.0 Å². The zero-order valence-corrected chi connectivity index (χ0v) is 10.7. The Morgan fingerprint density at radius 3 is 2.87 bits per heavy atom. The molecule has 0 fully saturated rings. The first kappa shape index (κ1) is 10.8. The molecule has 2 rings (SSSR count). The molecule has 0 saturated heterocycles. The molecule has 4 heteroatoms. The highest BCUT2D eigenvalue weighted by atomic mass is 79.9. The Morgan fingerprint density at radius 1 is 1.47 bits per heavy atom. The van der Waals surface area contributed by atoms with Crippen LogP contribution >= 0.6 is 27.3 Å². The second-order valence-electron chi connectivity index (χ2n) is 3.35. The van der Waals surface area contributed by atoms with Crippen molar-refractivity contribution in [3.63, 3.8) is 0 Å². The van der Waals surface area contributed by atoms with Crippen molar-refractivity contribution in [2.75, 3.05) is 0 Å². The van der Waals surface area contributed by atoms with E-state index in [4.69, 9.17) is 5.73 Å². The van der Waals surface area contributed by atoms with Gasteiger partial charge in [0.1, 0.15) is 0 Å². The van der Waals surface area contributed by atoms with Crippen LogP contribution in [0, 0.1) is 6.92 Å². The summed E-state index contributed by atoms with van der Waals surface area (Å²) in [6, 6.07) is 4.00. The summed E-state index contributed by atoms with van der Waals surface area (Å²) in [7, 11) is 0. The number of aryl methyl sites for hydroxylation is 1. The summed E-state index contributed by atoms with van der Waals surface area (Å²) in [5.41, 5.74) is 8.39. The summed E-state index contributed by atoms with van der Waals surface area (Å²) in [6.07, 6.45) is 3.57. The van der Waals surface area contributed by atoms with Crippen molar-refractivity contribution in [1.29, 1.82) is 0 Å². The minimum Gasteiger partial charge on any atom is -0.320 e. The van der Waals surface area contributed by atoms with Crippen molar-refractivity contribution >= 4 is 27.3 Å². The van der Waals surface area contributed by atoms with Gasteiger partial charge in [0.05, 0.1) is 6.04 Å². The minimum absolute atomic E-state index is 0.0822. The summed E-state index contributed by atoms with van der Waals surface area (Å²) in [5, 5.41) is 2.07. The number of rotatable bonds is 2. The maximum Gasteiger partial charge on any atom is 0.0578 e. The fraction of sp³-hybridized carbons (Fsp3) is 0.182. The summed E-state index contributed by atoms with van der Waals surface area (Å²) >= 11 is 5.12. The second-order valence-corrected chi connectivity index (χ2v) is 5.38. The van der Waals surface area contributed by atoms with Crippen LogP contribution in [0.1, 0.15) is 22.0 Å². The fourth-order valence-corrected chi connectivity index (χ4v) is 2.63. The Bertz CT molecular complexity index is 467. The zero-order chi connectivity index (χ0) is 10.8. The second kappa shape index (κ2) is 4.43. The van der Waals surface area contributed by atoms with Crippen LogP contribution in [-0.2, 0) is 0 Å². The Morgan fingerprint density at radius 2 is 2.27 bits per heavy atom. The number of pyridine rings is 1. The molecule has 2 aromatic rings. The number of hydrogen-bond donors (Lipinski definition) is 1. The molecule has 1 unspecified atom stereocenters. The average molecular weight is 283 g/mol. The van der Waals surface area contributed by atoms with E-state index in [1.54, 1.807) is 17.5 Å². The van der Waals surface area contributed by atoms with E-state index in [1.807, 2.05) is 12.3 Å². The molecule has 0 bridgehead atoms. The molecule has 0 aliphatic heterocycles. The third kappa shape index (κ3) is 2.27. The number of thiophene rings is 1. The maximum absolute atomic E-state index is 6.18. The van der Waals surface area contributed by atoms with E-state index in [1.165, 1.54) is 10.4 Å². The van der Waals surface area contributed by atoms with Crippen LogP contribution in [0.2, 0.25) is 0 Å². The van der Waals surface area contributed by atoms with Crippen LogP contribution in [0.5, 0.6) is 0 Å². The quantitative estimate of drug-likeness (QED) is 0.918. The molecule has 1 atom stereocenters. The Balaban J connectivity index is 2.36. The van der Waals surface area contributed by atoms with Gasteiger partial charge >= 0.3 is 0 Å². The van der Waals surface area contributed by atoms with Gasteiger partial charge in [-0.3, -0.25) is 4.98 Å². The van der Waals surface area contributed by atoms with Crippen molar-refractivity contribution in [3.05, 3.63) is 50.4 Å². The molecule has 0 amide bonds. The van der Waals surface area contributed by atoms with E-state index in [0.717, 1.165) is 10.0 Å². The number of hydrogen-bond acceptors (Lipinski definition) is 3. The first-order chi connectivity index (χ1) is 7.18. The van der Waals surface area contributed by atoms with E-state index < -0.39 is 0 Å². The molecular weight excluding hydrogens is 272 g/mol. The molecule has 0 spiro atoms. The molecule has 2 nitrogen and oxygen atoms in total. The standard InChI is InChI=1S/C11H11BrN2S/c1-7-10(2-3-15-7)11(13)8-4-9(12)6-14-5-8/h2-6,11H,13H2,1H3. The summed E-state index contributed by atoms with van der Waals surface area (Å²) in [5.74, 6) is 0. The summed E-state index contributed by atoms with van der Waals surface area (Å²) < 4.78 is 0.961. The molecule has 2 heterocycles. The highest BCUT2D eigenvalue weighted by Gasteiger charge is 2.12. The Hall–Kier alpha value is -0.710. The molecule has 2 aromatic heterocycles. The molecular formula is C11H11BrN2S. The van der Waals surface area contributed by atoms with Gasteiger partial charge in [-0.1, -0.05) is 0 Å². The average Bonchev–Trinajstić information content (AvgIpc) is 2.63. The first-order valence-corrected chi connectivity index (χ1v) is 6.26. The van der Waals surface area contributed by atoms with Gasteiger partial charge in [-0.05, 0) is 51.5 Å². The normalized spacial score (nSPS) is 12.7. The first-order valence-electron chi connectivity index (χ1n) is 4.58. The third-order valence-corrected chi connectivity index (χ3v) is 3.61. The van der Waals surface area contributed by atoms with Gasteiger partial charge in [-0.2, -0.15) is 0 Å². The minimum atomic E-state index is -0.0822. The molecule has 0 aliphatic carbocycles. The Labute approximate surface area is 101 Å². The lowest BCUT2D eigenvalue weighted by atomic mass is 10.0. The van der Waals surface area contributed by atoms with E-state index in [-0.39, 0.29) is 6.04 Å². The van der Waals surface area contributed by atoms with E-state index >= 15 is 0 Å². The van der Waals surface area contributed by atoms with Crippen LogP contribution in [0.15, 0.2) is 34.4 Å². The van der Waals surface area contributed by atoms with Crippen molar-refractivity contribution < 1.29 is 0 Å². The van der Waals surface area contributed by atoms with Crippen LogP contribution in [-0.4, -0.2) is 4.98 Å². The van der Waals surface area contributed by atoms with Gasteiger partial charge in [-0.15, -0.1) is 11.3 Å². The number of aromatic nitrogens is 1. The van der Waals surface area contributed by atoms with E-state index in [9.17, 15) is 0 Å². The summed E-state index contributed by atoms with van der Waals surface area (Å²) in [4.78, 5) is 5.39. The number of halogens is 1. The zero-order valence-electron chi connectivity index (χ0n) is 8.27. The highest BCUT2D eigenvalue weighted by Crippen LogP contribution is 2.26. The van der Waals surface area contributed by atoms with Crippen LogP contribution in [0.3, 0.4) is 0 Å². The SMILES string of the molecule is Cc1sccc1C(N)c1cncc(Br)c1. The number of nitrogens with zero attached hydrogens (tertiary/aromatic N) is 1. The van der Waals surface area contributed by atoms with Crippen LogP contribution in [0.4, 0.5) is 0 Å². The smallest absolute Gasteiger partial charge is 0.0578 e. The molecule has 0 radical (unpaired) electrons. The van der Waals surface area contributed by atoms with Gasteiger partial charge in [-0.25, -0.2) is 0 Å². The molecule has 0 aliphatic rings. The topological polar surface area (TPSA) is 38.9 Å². The lowest BCUT2D eigenvalue weighted by Crippen LogP contribution is -2.12. The number of nitrogens with two attached hydrogens (primary N) is 1. The summed E-state index contributed by atoms with van der Waals surface area (Å²) in [6.45, 7) is 2.09. The molecule has 15 heavy (non-hydrogen) atoms. The Kier molecular flexibility index (Phi) is 3.19. The molecule has 78 valence electrons. The maximum atomic E-state index is 6.18. The predicted molar refractivity (Wildman–Crippen MR) is 67.0 cm³/mol.